The molecule has 1 aliphatic heterocycles. The Kier molecular flexibility index (Phi) is 8.28. The summed E-state index contributed by atoms with van der Waals surface area (Å²) >= 11 is 0. The number of hydrogen-bond acceptors (Lipinski definition) is 4. The van der Waals surface area contributed by atoms with Crippen LogP contribution in [0.3, 0.4) is 0 Å². The van der Waals surface area contributed by atoms with E-state index in [9.17, 15) is 14.4 Å². The fourth-order valence-corrected chi connectivity index (χ4v) is 5.08. The highest BCUT2D eigenvalue weighted by atomic mass is 16.2. The number of rotatable bonds is 7. The van der Waals surface area contributed by atoms with Gasteiger partial charge in [0.1, 0.15) is 0 Å². The summed E-state index contributed by atoms with van der Waals surface area (Å²) in [6, 6.07) is 15.5. The first kappa shape index (κ1) is 25.7. The molecule has 1 N–H and O–H groups in total. The highest BCUT2D eigenvalue weighted by Crippen LogP contribution is 2.30. The monoisotopic (exact) mass is 490 g/mol. The zero-order chi connectivity index (χ0) is 25.7. The van der Waals surface area contributed by atoms with Gasteiger partial charge in [-0.2, -0.15) is 0 Å². The van der Waals surface area contributed by atoms with Gasteiger partial charge in [0.2, 0.25) is 11.8 Å². The first-order valence-electron chi connectivity index (χ1n) is 13.1. The predicted molar refractivity (Wildman–Crippen MR) is 143 cm³/mol. The van der Waals surface area contributed by atoms with E-state index < -0.39 is 0 Å². The number of carbonyl (C=O) groups is 3. The number of carbonyl (C=O) groups excluding carboxylic acids is 3. The van der Waals surface area contributed by atoms with E-state index in [0.29, 0.717) is 44.0 Å². The van der Waals surface area contributed by atoms with Crippen molar-refractivity contribution in [2.45, 2.75) is 46.1 Å². The van der Waals surface area contributed by atoms with Crippen LogP contribution < -0.4 is 10.2 Å². The van der Waals surface area contributed by atoms with Crippen LogP contribution in [-0.2, 0) is 16.1 Å². The Morgan fingerprint density at radius 1 is 0.972 bits per heavy atom. The van der Waals surface area contributed by atoms with E-state index in [0.717, 1.165) is 36.9 Å². The number of hydrogen-bond donors (Lipinski definition) is 1. The van der Waals surface area contributed by atoms with Gasteiger partial charge in [0.15, 0.2) is 0 Å². The lowest BCUT2D eigenvalue weighted by Gasteiger charge is -2.38. The van der Waals surface area contributed by atoms with Crippen molar-refractivity contribution in [1.29, 1.82) is 0 Å². The molecule has 0 unspecified atom stereocenters. The van der Waals surface area contributed by atoms with E-state index in [1.54, 1.807) is 18.0 Å². The lowest BCUT2D eigenvalue weighted by atomic mass is 10.0. The standard InChI is InChI=1S/C29H38N4O3/c1-21(2)27(34)30-24-13-14-26(25(19-24)29(36)31(3)20-22-9-5-4-6-10-22)32-15-17-33(18-16-32)28(35)23-11-7-8-12-23/h4-6,9-10,13-14,19,21,23H,7-8,11-12,15-18,20H2,1-3H3,(H,30,34). The Labute approximate surface area is 214 Å². The molecule has 1 saturated carbocycles. The maximum Gasteiger partial charge on any atom is 0.256 e. The van der Waals surface area contributed by atoms with Crippen LogP contribution >= 0.6 is 0 Å². The van der Waals surface area contributed by atoms with Crippen molar-refractivity contribution in [3.63, 3.8) is 0 Å². The van der Waals surface area contributed by atoms with E-state index in [-0.39, 0.29) is 29.6 Å². The molecule has 1 heterocycles. The predicted octanol–water partition coefficient (Wildman–Crippen LogP) is 4.39. The van der Waals surface area contributed by atoms with Gasteiger partial charge in [-0.15, -0.1) is 0 Å². The van der Waals surface area contributed by atoms with Gasteiger partial charge in [0.25, 0.3) is 5.91 Å². The molecule has 2 aliphatic rings. The molecule has 1 aliphatic carbocycles. The number of piperazine rings is 1. The summed E-state index contributed by atoms with van der Waals surface area (Å²) in [5.74, 6) is 0.133. The Bertz CT molecular complexity index is 1070. The van der Waals surface area contributed by atoms with E-state index in [1.165, 1.54) is 0 Å². The summed E-state index contributed by atoms with van der Waals surface area (Å²) < 4.78 is 0. The Morgan fingerprint density at radius 2 is 1.64 bits per heavy atom. The smallest absolute Gasteiger partial charge is 0.256 e. The van der Waals surface area contributed by atoms with Crippen LogP contribution in [0.15, 0.2) is 48.5 Å². The molecule has 0 aromatic heterocycles. The molecule has 0 bridgehead atoms. The maximum absolute atomic E-state index is 13.7. The average molecular weight is 491 g/mol. The third kappa shape index (κ3) is 6.07. The zero-order valence-corrected chi connectivity index (χ0v) is 21.7. The summed E-state index contributed by atoms with van der Waals surface area (Å²) in [5.41, 5.74) is 3.07. The second kappa shape index (κ2) is 11.6. The second-order valence-electron chi connectivity index (χ2n) is 10.3. The van der Waals surface area contributed by atoms with Crippen molar-refractivity contribution in [3.05, 3.63) is 59.7 Å². The minimum absolute atomic E-state index is 0.0853. The Morgan fingerprint density at radius 3 is 2.28 bits per heavy atom. The van der Waals surface area contributed by atoms with Gasteiger partial charge in [0.05, 0.1) is 5.56 Å². The lowest BCUT2D eigenvalue weighted by molar-refractivity contribution is -0.135. The highest BCUT2D eigenvalue weighted by Gasteiger charge is 2.30. The summed E-state index contributed by atoms with van der Waals surface area (Å²) in [5, 5.41) is 2.93. The number of nitrogens with zero attached hydrogens (tertiary/aromatic N) is 3. The Balaban J connectivity index is 1.53. The van der Waals surface area contributed by atoms with Gasteiger partial charge < -0.3 is 20.0 Å². The van der Waals surface area contributed by atoms with Gasteiger partial charge in [-0.3, -0.25) is 14.4 Å². The van der Waals surface area contributed by atoms with E-state index in [1.807, 2.05) is 61.2 Å². The second-order valence-corrected chi connectivity index (χ2v) is 10.3. The van der Waals surface area contributed by atoms with Crippen LogP contribution in [-0.4, -0.2) is 60.7 Å². The Hall–Kier alpha value is -3.35. The van der Waals surface area contributed by atoms with Crippen molar-refractivity contribution in [1.82, 2.24) is 9.80 Å². The molecule has 2 aromatic carbocycles. The molecular weight excluding hydrogens is 452 g/mol. The first-order valence-corrected chi connectivity index (χ1v) is 13.1. The minimum atomic E-state index is -0.157. The summed E-state index contributed by atoms with van der Waals surface area (Å²) in [4.78, 5) is 44.7. The van der Waals surface area contributed by atoms with Crippen molar-refractivity contribution in [2.24, 2.45) is 11.8 Å². The van der Waals surface area contributed by atoms with Crippen LogP contribution in [0, 0.1) is 11.8 Å². The average Bonchev–Trinajstić information content (AvgIpc) is 3.43. The highest BCUT2D eigenvalue weighted by molar-refractivity contribution is 6.02. The van der Waals surface area contributed by atoms with Crippen molar-refractivity contribution in [2.75, 3.05) is 43.4 Å². The number of benzene rings is 2. The van der Waals surface area contributed by atoms with Crippen LogP contribution in [0.5, 0.6) is 0 Å². The maximum atomic E-state index is 13.7. The molecule has 7 heteroatoms. The topological polar surface area (TPSA) is 73.0 Å². The van der Waals surface area contributed by atoms with Crippen molar-refractivity contribution >= 4 is 29.1 Å². The normalized spacial score (nSPS) is 16.3. The number of anilines is 2. The van der Waals surface area contributed by atoms with Gasteiger partial charge in [0, 0.05) is 63.0 Å². The lowest BCUT2D eigenvalue weighted by Crippen LogP contribution is -2.50. The molecular formula is C29H38N4O3. The summed E-state index contributed by atoms with van der Waals surface area (Å²) in [6.07, 6.45) is 4.32. The molecule has 2 aromatic rings. The van der Waals surface area contributed by atoms with Gasteiger partial charge in [-0.1, -0.05) is 57.0 Å². The van der Waals surface area contributed by atoms with Crippen LogP contribution in [0.4, 0.5) is 11.4 Å². The molecule has 7 nitrogen and oxygen atoms in total. The van der Waals surface area contributed by atoms with E-state index in [2.05, 4.69) is 10.2 Å². The van der Waals surface area contributed by atoms with Crippen molar-refractivity contribution < 1.29 is 14.4 Å². The quantitative estimate of drug-likeness (QED) is 0.625. The molecule has 1 saturated heterocycles. The third-order valence-corrected chi connectivity index (χ3v) is 7.26. The fraction of sp³-hybridized carbons (Fsp3) is 0.483. The fourth-order valence-electron chi connectivity index (χ4n) is 5.08. The summed E-state index contributed by atoms with van der Waals surface area (Å²) in [7, 11) is 1.80. The van der Waals surface area contributed by atoms with Crippen LogP contribution in [0.25, 0.3) is 0 Å². The number of nitrogens with one attached hydrogen (secondary N) is 1. The molecule has 36 heavy (non-hydrogen) atoms. The summed E-state index contributed by atoms with van der Waals surface area (Å²) in [6.45, 7) is 6.86. The van der Waals surface area contributed by atoms with Crippen molar-refractivity contribution in [3.8, 4) is 0 Å². The number of amides is 3. The zero-order valence-electron chi connectivity index (χ0n) is 21.7. The van der Waals surface area contributed by atoms with Gasteiger partial charge >= 0.3 is 0 Å². The van der Waals surface area contributed by atoms with E-state index >= 15 is 0 Å². The van der Waals surface area contributed by atoms with Gasteiger partial charge in [-0.25, -0.2) is 0 Å². The SMILES string of the molecule is CC(C)C(=O)Nc1ccc(N2CCN(C(=O)C3CCCC3)CC2)c(C(=O)N(C)Cc2ccccc2)c1. The molecule has 0 atom stereocenters. The van der Waals surface area contributed by atoms with Crippen LogP contribution in [0.1, 0.15) is 55.5 Å². The molecule has 0 radical (unpaired) electrons. The molecule has 3 amide bonds. The minimum Gasteiger partial charge on any atom is -0.367 e. The molecule has 0 spiro atoms. The van der Waals surface area contributed by atoms with Gasteiger partial charge in [-0.05, 0) is 36.6 Å². The third-order valence-electron chi connectivity index (χ3n) is 7.26. The largest absolute Gasteiger partial charge is 0.367 e. The molecule has 4 rings (SSSR count). The molecule has 2 fully saturated rings. The van der Waals surface area contributed by atoms with E-state index in [4.69, 9.17) is 0 Å². The molecule has 192 valence electrons. The van der Waals surface area contributed by atoms with Crippen LogP contribution in [0.2, 0.25) is 0 Å². The first-order chi connectivity index (χ1) is 17.3.